The second-order valence-corrected chi connectivity index (χ2v) is 10.4. The van der Waals surface area contributed by atoms with Gasteiger partial charge >= 0.3 is 0 Å². The van der Waals surface area contributed by atoms with E-state index in [1.165, 1.54) is 24.5 Å². The number of nitrogens with zero attached hydrogens (tertiary/aromatic N) is 1. The Labute approximate surface area is 180 Å². The second-order valence-electron chi connectivity index (χ2n) is 6.53. The van der Waals surface area contributed by atoms with Crippen LogP contribution < -0.4 is 9.46 Å². The summed E-state index contributed by atoms with van der Waals surface area (Å²) in [7, 11) is -8.04. The summed E-state index contributed by atoms with van der Waals surface area (Å²) in [6, 6.07) is 13.3. The van der Waals surface area contributed by atoms with Crippen LogP contribution in [0, 0.1) is 5.82 Å². The Morgan fingerprint density at radius 2 is 1.61 bits per heavy atom. The van der Waals surface area contributed by atoms with Crippen molar-refractivity contribution in [1.82, 2.24) is 9.71 Å². The smallest absolute Gasteiger partial charge is 0.240 e. The predicted octanol–water partition coefficient (Wildman–Crippen LogP) is 3.11. The molecule has 3 rings (SSSR count). The largest absolute Gasteiger partial charge is 0.494 e. The molecule has 164 valence electrons. The molecule has 0 saturated heterocycles. The third-order valence-electron chi connectivity index (χ3n) is 4.48. The van der Waals surface area contributed by atoms with Crippen LogP contribution in [0.2, 0.25) is 0 Å². The van der Waals surface area contributed by atoms with E-state index < -0.39 is 37.5 Å². The van der Waals surface area contributed by atoms with E-state index in [1.807, 2.05) is 6.92 Å². The Kier molecular flexibility index (Phi) is 7.04. The quantitative estimate of drug-likeness (QED) is 0.522. The molecule has 3 aromatic rings. The number of ether oxygens (including phenoxy) is 1. The molecule has 7 nitrogen and oxygen atoms in total. The Balaban J connectivity index is 1.92. The van der Waals surface area contributed by atoms with Crippen LogP contribution in [0.4, 0.5) is 4.39 Å². The van der Waals surface area contributed by atoms with Gasteiger partial charge < -0.3 is 4.74 Å². The van der Waals surface area contributed by atoms with Crippen molar-refractivity contribution in [2.75, 3.05) is 13.2 Å². The maximum atomic E-state index is 13.3. The van der Waals surface area contributed by atoms with Crippen LogP contribution in [-0.2, 0) is 19.9 Å². The molecular formula is C21H21FN2O5S2. The molecule has 1 atom stereocenters. The van der Waals surface area contributed by atoms with Gasteiger partial charge in [-0.1, -0.05) is 6.07 Å². The number of sulfone groups is 1. The van der Waals surface area contributed by atoms with Crippen molar-refractivity contribution >= 4 is 19.9 Å². The first-order valence-electron chi connectivity index (χ1n) is 9.36. The SMILES string of the molecule is CCOc1ccc(S(=O)(=O)C(CNS(=O)(=O)c2ccc(F)cc2)c2cccnc2)cc1. The lowest BCUT2D eigenvalue weighted by atomic mass is 10.2. The molecule has 0 fully saturated rings. The summed E-state index contributed by atoms with van der Waals surface area (Å²) in [6.45, 7) is 1.83. The molecule has 31 heavy (non-hydrogen) atoms. The number of aromatic nitrogens is 1. The third-order valence-corrected chi connectivity index (χ3v) is 8.03. The molecule has 0 bridgehead atoms. The van der Waals surface area contributed by atoms with Gasteiger partial charge in [0, 0.05) is 18.9 Å². The number of pyridine rings is 1. The van der Waals surface area contributed by atoms with E-state index in [2.05, 4.69) is 9.71 Å². The van der Waals surface area contributed by atoms with Crippen LogP contribution in [0.25, 0.3) is 0 Å². The molecular weight excluding hydrogens is 443 g/mol. The van der Waals surface area contributed by atoms with Crippen molar-refractivity contribution in [2.45, 2.75) is 22.0 Å². The third kappa shape index (κ3) is 5.46. The average molecular weight is 465 g/mol. The highest BCUT2D eigenvalue weighted by atomic mass is 32.2. The van der Waals surface area contributed by atoms with Gasteiger partial charge in [0.05, 0.1) is 16.4 Å². The molecule has 0 saturated carbocycles. The number of benzene rings is 2. The lowest BCUT2D eigenvalue weighted by Crippen LogP contribution is -2.32. The molecule has 2 aromatic carbocycles. The lowest BCUT2D eigenvalue weighted by Gasteiger charge is -2.19. The molecule has 1 unspecified atom stereocenters. The topological polar surface area (TPSA) is 102 Å². The minimum Gasteiger partial charge on any atom is -0.494 e. The Bertz CT molecular complexity index is 1220. The van der Waals surface area contributed by atoms with E-state index >= 15 is 0 Å². The number of nitrogens with one attached hydrogen (secondary N) is 1. The molecule has 0 radical (unpaired) electrons. The van der Waals surface area contributed by atoms with Gasteiger partial charge in [-0.05, 0) is 67.1 Å². The standard InChI is InChI=1S/C21H21FN2O5S2/c1-2-29-18-7-11-19(12-8-18)30(25,26)21(16-4-3-13-23-14-16)15-24-31(27,28)20-9-5-17(22)6-10-20/h3-14,21,24H,2,15H2,1H3. The number of halogens is 1. The van der Waals surface area contributed by atoms with Crippen LogP contribution in [0.5, 0.6) is 5.75 Å². The second kappa shape index (κ2) is 9.54. The van der Waals surface area contributed by atoms with Gasteiger partial charge in [0.2, 0.25) is 10.0 Å². The van der Waals surface area contributed by atoms with E-state index in [4.69, 9.17) is 4.74 Å². The lowest BCUT2D eigenvalue weighted by molar-refractivity contribution is 0.340. The zero-order valence-electron chi connectivity index (χ0n) is 16.6. The highest BCUT2D eigenvalue weighted by Crippen LogP contribution is 2.29. The minimum absolute atomic E-state index is 0.0192. The summed E-state index contributed by atoms with van der Waals surface area (Å²) >= 11 is 0. The number of hydrogen-bond donors (Lipinski definition) is 1. The number of sulfonamides is 1. The van der Waals surface area contributed by atoms with Crippen molar-refractivity contribution in [3.8, 4) is 5.75 Å². The van der Waals surface area contributed by atoms with Crippen LogP contribution in [0.3, 0.4) is 0 Å². The van der Waals surface area contributed by atoms with Gasteiger partial charge in [-0.3, -0.25) is 4.98 Å². The first kappa shape index (κ1) is 22.9. The fourth-order valence-corrected chi connectivity index (χ4v) is 5.71. The monoisotopic (exact) mass is 464 g/mol. The molecule has 10 heteroatoms. The molecule has 0 amide bonds. The zero-order valence-corrected chi connectivity index (χ0v) is 18.2. The molecule has 0 aliphatic heterocycles. The van der Waals surface area contributed by atoms with Crippen molar-refractivity contribution in [2.24, 2.45) is 0 Å². The summed E-state index contributed by atoms with van der Waals surface area (Å²) in [4.78, 5) is 3.81. The van der Waals surface area contributed by atoms with Crippen molar-refractivity contribution in [3.63, 3.8) is 0 Å². The van der Waals surface area contributed by atoms with Crippen LogP contribution >= 0.6 is 0 Å². The van der Waals surface area contributed by atoms with Crippen LogP contribution in [-0.4, -0.2) is 35.0 Å². The first-order valence-corrected chi connectivity index (χ1v) is 12.4. The average Bonchev–Trinajstić information content (AvgIpc) is 2.75. The van der Waals surface area contributed by atoms with Crippen molar-refractivity contribution in [3.05, 3.63) is 84.4 Å². The van der Waals surface area contributed by atoms with E-state index in [0.29, 0.717) is 17.9 Å². The fraction of sp³-hybridized carbons (Fsp3) is 0.190. The molecule has 1 aromatic heterocycles. The normalized spacial score (nSPS) is 13.0. The number of hydrogen-bond acceptors (Lipinski definition) is 6. The molecule has 0 aliphatic carbocycles. The molecule has 0 aliphatic rings. The highest BCUT2D eigenvalue weighted by Gasteiger charge is 2.31. The molecule has 1 N–H and O–H groups in total. The van der Waals surface area contributed by atoms with E-state index in [0.717, 1.165) is 24.3 Å². The Hall–Kier alpha value is -2.82. The summed E-state index contributed by atoms with van der Waals surface area (Å²) in [6.07, 6.45) is 2.87. The van der Waals surface area contributed by atoms with E-state index in [9.17, 15) is 21.2 Å². The van der Waals surface area contributed by atoms with Gasteiger partial charge in [0.15, 0.2) is 9.84 Å². The van der Waals surface area contributed by atoms with Gasteiger partial charge in [-0.15, -0.1) is 0 Å². The maximum absolute atomic E-state index is 13.3. The summed E-state index contributed by atoms with van der Waals surface area (Å²) < 4.78 is 72.7. The van der Waals surface area contributed by atoms with Crippen LogP contribution in [0.15, 0.2) is 82.8 Å². The fourth-order valence-electron chi connectivity index (χ4n) is 2.91. The maximum Gasteiger partial charge on any atom is 0.240 e. The minimum atomic E-state index is -4.06. The van der Waals surface area contributed by atoms with Gasteiger partial charge in [-0.2, -0.15) is 0 Å². The predicted molar refractivity (Wildman–Crippen MR) is 113 cm³/mol. The summed E-state index contributed by atoms with van der Waals surface area (Å²) in [5.41, 5.74) is 0.332. The zero-order chi connectivity index (χ0) is 22.5. The van der Waals surface area contributed by atoms with Gasteiger partial charge in [0.1, 0.15) is 16.8 Å². The summed E-state index contributed by atoms with van der Waals surface area (Å²) in [5, 5.41) is -1.23. The van der Waals surface area contributed by atoms with E-state index in [1.54, 1.807) is 24.3 Å². The highest BCUT2D eigenvalue weighted by molar-refractivity contribution is 7.92. The van der Waals surface area contributed by atoms with Gasteiger partial charge in [-0.25, -0.2) is 25.9 Å². The van der Waals surface area contributed by atoms with E-state index in [-0.39, 0.29) is 9.79 Å². The molecule has 1 heterocycles. The van der Waals surface area contributed by atoms with Crippen molar-refractivity contribution < 1.29 is 26.0 Å². The number of rotatable bonds is 9. The first-order chi connectivity index (χ1) is 14.7. The van der Waals surface area contributed by atoms with Gasteiger partial charge in [0.25, 0.3) is 0 Å². The van der Waals surface area contributed by atoms with Crippen LogP contribution in [0.1, 0.15) is 17.7 Å². The Morgan fingerprint density at radius 1 is 0.968 bits per heavy atom. The van der Waals surface area contributed by atoms with Crippen molar-refractivity contribution in [1.29, 1.82) is 0 Å². The summed E-state index contributed by atoms with van der Waals surface area (Å²) in [5.74, 6) is -0.0540. The molecule has 0 spiro atoms. The Morgan fingerprint density at radius 3 is 2.19 bits per heavy atom.